The molecule has 0 aliphatic rings. The molecule has 2 nitrogen and oxygen atoms in total. The van der Waals surface area contributed by atoms with Crippen LogP contribution in [0.1, 0.15) is 24.0 Å². The minimum absolute atomic E-state index is 0.292. The van der Waals surface area contributed by atoms with Crippen LogP contribution < -0.4 is 10.1 Å². The van der Waals surface area contributed by atoms with Gasteiger partial charge in [-0.1, -0.05) is 43.3 Å². The molecule has 3 heteroatoms. The molecule has 0 heterocycles. The van der Waals surface area contributed by atoms with E-state index in [1.165, 1.54) is 11.6 Å². The van der Waals surface area contributed by atoms with Crippen LogP contribution >= 0.6 is 0 Å². The van der Waals surface area contributed by atoms with Crippen LogP contribution in [0.25, 0.3) is 0 Å². The van der Waals surface area contributed by atoms with E-state index in [4.69, 9.17) is 4.74 Å². The molecule has 2 aromatic carbocycles. The third-order valence-corrected chi connectivity index (χ3v) is 3.29. The van der Waals surface area contributed by atoms with Gasteiger partial charge in [-0.15, -0.1) is 0 Å². The zero-order chi connectivity index (χ0) is 14.4. The molecule has 0 saturated carbocycles. The zero-order valence-corrected chi connectivity index (χ0v) is 11.9. The first kappa shape index (κ1) is 14.5. The molecule has 0 saturated heterocycles. The molecular weight excluding hydrogens is 253 g/mol. The minimum Gasteiger partial charge on any atom is -0.486 e. The number of likely N-dealkylation sites (N-methyl/N-ethyl adjacent to an activating group) is 1. The van der Waals surface area contributed by atoms with Gasteiger partial charge in [0.15, 0.2) is 11.6 Å². The summed E-state index contributed by atoms with van der Waals surface area (Å²) in [5.74, 6) is 0.438. The molecular formula is C17H20FNO. The van der Waals surface area contributed by atoms with Crippen LogP contribution in [0.5, 0.6) is 5.75 Å². The van der Waals surface area contributed by atoms with Gasteiger partial charge in [0.05, 0.1) is 0 Å². The number of nitrogens with one attached hydrogen (secondary N) is 1. The van der Waals surface area contributed by atoms with Gasteiger partial charge in [-0.05, 0) is 36.2 Å². The van der Waals surface area contributed by atoms with E-state index < -0.39 is 0 Å². The third-order valence-electron chi connectivity index (χ3n) is 3.29. The Morgan fingerprint density at radius 1 is 1.10 bits per heavy atom. The molecule has 20 heavy (non-hydrogen) atoms. The molecule has 0 spiro atoms. The molecule has 0 radical (unpaired) electrons. The Morgan fingerprint density at radius 2 is 1.80 bits per heavy atom. The molecule has 0 bridgehead atoms. The standard InChI is InChI=1S/C17H20FNO/c1-13(11-19-2)15-9-7-14(8-10-15)12-20-17-6-4-3-5-16(17)18/h3-10,13,19H,11-12H2,1-2H3. The second-order valence-corrected chi connectivity index (χ2v) is 4.92. The fraction of sp³-hybridized carbons (Fsp3) is 0.294. The first-order valence-electron chi connectivity index (χ1n) is 6.81. The molecule has 1 atom stereocenters. The highest BCUT2D eigenvalue weighted by Gasteiger charge is 2.05. The molecule has 0 aromatic heterocycles. The fourth-order valence-corrected chi connectivity index (χ4v) is 2.09. The van der Waals surface area contributed by atoms with Crippen LogP contribution in [0.2, 0.25) is 0 Å². The van der Waals surface area contributed by atoms with E-state index in [-0.39, 0.29) is 5.82 Å². The molecule has 1 N–H and O–H groups in total. The van der Waals surface area contributed by atoms with Crippen molar-refractivity contribution in [2.45, 2.75) is 19.4 Å². The van der Waals surface area contributed by atoms with E-state index in [0.29, 0.717) is 18.3 Å². The van der Waals surface area contributed by atoms with E-state index in [0.717, 1.165) is 12.1 Å². The monoisotopic (exact) mass is 273 g/mol. The molecule has 0 aliphatic carbocycles. The average Bonchev–Trinajstić information content (AvgIpc) is 2.47. The van der Waals surface area contributed by atoms with Crippen molar-refractivity contribution in [1.29, 1.82) is 0 Å². The number of para-hydroxylation sites is 1. The number of halogens is 1. The van der Waals surface area contributed by atoms with Crippen molar-refractivity contribution in [3.05, 3.63) is 65.5 Å². The van der Waals surface area contributed by atoms with Gasteiger partial charge in [0, 0.05) is 6.54 Å². The van der Waals surface area contributed by atoms with Gasteiger partial charge in [0.25, 0.3) is 0 Å². The summed E-state index contributed by atoms with van der Waals surface area (Å²) in [5, 5.41) is 3.17. The Hall–Kier alpha value is -1.87. The molecule has 106 valence electrons. The minimum atomic E-state index is -0.327. The summed E-state index contributed by atoms with van der Waals surface area (Å²) < 4.78 is 18.9. The van der Waals surface area contributed by atoms with Gasteiger partial charge in [-0.25, -0.2) is 4.39 Å². The fourth-order valence-electron chi connectivity index (χ4n) is 2.09. The number of hydrogen-bond donors (Lipinski definition) is 1. The van der Waals surface area contributed by atoms with Crippen molar-refractivity contribution < 1.29 is 9.13 Å². The van der Waals surface area contributed by atoms with Crippen molar-refractivity contribution in [3.8, 4) is 5.75 Å². The maximum absolute atomic E-state index is 13.4. The van der Waals surface area contributed by atoms with Crippen LogP contribution in [-0.4, -0.2) is 13.6 Å². The van der Waals surface area contributed by atoms with Crippen molar-refractivity contribution in [2.75, 3.05) is 13.6 Å². The lowest BCUT2D eigenvalue weighted by Crippen LogP contribution is -2.14. The number of ether oxygens (including phenoxy) is 1. The Morgan fingerprint density at radius 3 is 2.45 bits per heavy atom. The molecule has 0 amide bonds. The van der Waals surface area contributed by atoms with Gasteiger partial charge in [-0.3, -0.25) is 0 Å². The van der Waals surface area contributed by atoms with E-state index in [9.17, 15) is 4.39 Å². The first-order chi connectivity index (χ1) is 9.70. The summed E-state index contributed by atoms with van der Waals surface area (Å²) in [6.07, 6.45) is 0. The van der Waals surface area contributed by atoms with E-state index in [1.807, 2.05) is 19.2 Å². The zero-order valence-electron chi connectivity index (χ0n) is 11.9. The number of rotatable bonds is 6. The highest BCUT2D eigenvalue weighted by molar-refractivity contribution is 5.27. The normalized spacial score (nSPS) is 12.2. The molecule has 1 unspecified atom stereocenters. The maximum Gasteiger partial charge on any atom is 0.165 e. The summed E-state index contributed by atoms with van der Waals surface area (Å²) in [7, 11) is 1.95. The largest absolute Gasteiger partial charge is 0.486 e. The molecule has 0 fully saturated rings. The van der Waals surface area contributed by atoms with E-state index in [2.05, 4.69) is 24.4 Å². The summed E-state index contributed by atoms with van der Waals surface area (Å²) in [6, 6.07) is 14.7. The summed E-state index contributed by atoms with van der Waals surface area (Å²) in [6.45, 7) is 3.51. The Labute approximate surface area is 119 Å². The van der Waals surface area contributed by atoms with E-state index >= 15 is 0 Å². The SMILES string of the molecule is CNCC(C)c1ccc(COc2ccccc2F)cc1. The summed E-state index contributed by atoms with van der Waals surface area (Å²) in [4.78, 5) is 0. The predicted octanol–water partition coefficient (Wildman–Crippen LogP) is 3.73. The Bertz CT molecular complexity index is 539. The molecule has 2 rings (SSSR count). The number of hydrogen-bond acceptors (Lipinski definition) is 2. The van der Waals surface area contributed by atoms with Crippen LogP contribution in [0.15, 0.2) is 48.5 Å². The van der Waals surface area contributed by atoms with Gasteiger partial charge in [-0.2, -0.15) is 0 Å². The van der Waals surface area contributed by atoms with Gasteiger partial charge < -0.3 is 10.1 Å². The first-order valence-corrected chi connectivity index (χ1v) is 6.81. The van der Waals surface area contributed by atoms with Crippen LogP contribution in [-0.2, 0) is 6.61 Å². The van der Waals surface area contributed by atoms with Crippen LogP contribution in [0.3, 0.4) is 0 Å². The Balaban J connectivity index is 1.96. The second-order valence-electron chi connectivity index (χ2n) is 4.92. The smallest absolute Gasteiger partial charge is 0.165 e. The topological polar surface area (TPSA) is 21.3 Å². The van der Waals surface area contributed by atoms with Crippen molar-refractivity contribution in [3.63, 3.8) is 0 Å². The lowest BCUT2D eigenvalue weighted by Gasteiger charge is -2.12. The van der Waals surface area contributed by atoms with Gasteiger partial charge in [0.1, 0.15) is 6.61 Å². The lowest BCUT2D eigenvalue weighted by atomic mass is 10.00. The van der Waals surface area contributed by atoms with Gasteiger partial charge >= 0.3 is 0 Å². The van der Waals surface area contributed by atoms with Crippen molar-refractivity contribution >= 4 is 0 Å². The quantitative estimate of drug-likeness (QED) is 0.866. The summed E-state index contributed by atoms with van der Waals surface area (Å²) in [5.41, 5.74) is 2.32. The molecule has 0 aliphatic heterocycles. The Kier molecular flexibility index (Phi) is 5.13. The second kappa shape index (κ2) is 7.06. The van der Waals surface area contributed by atoms with Crippen molar-refractivity contribution in [1.82, 2.24) is 5.32 Å². The number of benzene rings is 2. The highest BCUT2D eigenvalue weighted by Crippen LogP contribution is 2.19. The molecule has 2 aromatic rings. The van der Waals surface area contributed by atoms with Crippen molar-refractivity contribution in [2.24, 2.45) is 0 Å². The van der Waals surface area contributed by atoms with Crippen LogP contribution in [0.4, 0.5) is 4.39 Å². The average molecular weight is 273 g/mol. The van der Waals surface area contributed by atoms with Crippen LogP contribution in [0, 0.1) is 5.82 Å². The summed E-state index contributed by atoms with van der Waals surface area (Å²) >= 11 is 0. The van der Waals surface area contributed by atoms with Gasteiger partial charge in [0.2, 0.25) is 0 Å². The predicted molar refractivity (Wildman–Crippen MR) is 79.5 cm³/mol. The maximum atomic E-state index is 13.4. The lowest BCUT2D eigenvalue weighted by molar-refractivity contribution is 0.290. The van der Waals surface area contributed by atoms with E-state index in [1.54, 1.807) is 18.2 Å². The third kappa shape index (κ3) is 3.81. The highest BCUT2D eigenvalue weighted by atomic mass is 19.1.